The molecule has 1 heterocycles. The van der Waals surface area contributed by atoms with Crippen molar-refractivity contribution in [3.63, 3.8) is 0 Å². The first kappa shape index (κ1) is 14.0. The highest BCUT2D eigenvalue weighted by atomic mass is 19.1. The highest BCUT2D eigenvalue weighted by Crippen LogP contribution is 2.07. The van der Waals surface area contributed by atoms with Gasteiger partial charge >= 0.3 is 0 Å². The number of nitrogens with zero attached hydrogens (tertiary/aromatic N) is 1. The molecule has 0 radical (unpaired) electrons. The lowest BCUT2D eigenvalue weighted by atomic mass is 10.1. The van der Waals surface area contributed by atoms with Crippen molar-refractivity contribution in [3.8, 4) is 0 Å². The molecule has 0 saturated carbocycles. The maximum atomic E-state index is 12.7. The SMILES string of the molecule is O=C(CN1CCCCC1)NCCc1ccc(F)cc1. The summed E-state index contributed by atoms with van der Waals surface area (Å²) in [7, 11) is 0. The minimum Gasteiger partial charge on any atom is -0.355 e. The fourth-order valence-electron chi connectivity index (χ4n) is 2.37. The number of halogens is 1. The summed E-state index contributed by atoms with van der Waals surface area (Å²) in [5.41, 5.74) is 1.04. The van der Waals surface area contributed by atoms with E-state index in [0.717, 1.165) is 25.1 Å². The van der Waals surface area contributed by atoms with Crippen LogP contribution in [-0.2, 0) is 11.2 Å². The molecule has 19 heavy (non-hydrogen) atoms. The second-order valence-corrected chi connectivity index (χ2v) is 5.06. The Morgan fingerprint density at radius 3 is 2.53 bits per heavy atom. The highest BCUT2D eigenvalue weighted by molar-refractivity contribution is 5.78. The summed E-state index contributed by atoms with van der Waals surface area (Å²) in [5.74, 6) is -0.137. The van der Waals surface area contributed by atoms with Crippen molar-refractivity contribution in [2.24, 2.45) is 0 Å². The van der Waals surface area contributed by atoms with Crippen LogP contribution in [0.4, 0.5) is 4.39 Å². The third kappa shape index (κ3) is 4.99. The quantitative estimate of drug-likeness (QED) is 0.882. The summed E-state index contributed by atoms with van der Waals surface area (Å²) in [4.78, 5) is 13.9. The van der Waals surface area contributed by atoms with Gasteiger partial charge in [0, 0.05) is 6.54 Å². The Morgan fingerprint density at radius 2 is 1.84 bits per heavy atom. The predicted molar refractivity (Wildman–Crippen MR) is 73.4 cm³/mol. The molecule has 1 N–H and O–H groups in total. The molecule has 0 spiro atoms. The largest absolute Gasteiger partial charge is 0.355 e. The molecule has 2 rings (SSSR count). The third-order valence-corrected chi connectivity index (χ3v) is 3.46. The maximum absolute atomic E-state index is 12.7. The van der Waals surface area contributed by atoms with Crippen LogP contribution in [0.15, 0.2) is 24.3 Å². The molecular weight excluding hydrogens is 243 g/mol. The smallest absolute Gasteiger partial charge is 0.234 e. The second kappa shape index (κ2) is 7.24. The molecular formula is C15H21FN2O. The van der Waals surface area contributed by atoms with Gasteiger partial charge in [-0.25, -0.2) is 4.39 Å². The van der Waals surface area contributed by atoms with Gasteiger partial charge in [0.1, 0.15) is 5.82 Å². The lowest BCUT2D eigenvalue weighted by molar-refractivity contribution is -0.122. The van der Waals surface area contributed by atoms with Gasteiger partial charge in [-0.1, -0.05) is 18.6 Å². The Balaban J connectivity index is 1.64. The van der Waals surface area contributed by atoms with E-state index in [1.165, 1.54) is 31.4 Å². The number of hydrogen-bond acceptors (Lipinski definition) is 2. The van der Waals surface area contributed by atoms with Crippen LogP contribution in [0.3, 0.4) is 0 Å². The van der Waals surface area contributed by atoms with Crippen LogP contribution in [-0.4, -0.2) is 37.0 Å². The molecule has 4 heteroatoms. The first-order chi connectivity index (χ1) is 9.24. The highest BCUT2D eigenvalue weighted by Gasteiger charge is 2.13. The van der Waals surface area contributed by atoms with E-state index in [1.54, 1.807) is 12.1 Å². The standard InChI is InChI=1S/C15H21FN2O/c16-14-6-4-13(5-7-14)8-9-17-15(19)12-18-10-2-1-3-11-18/h4-7H,1-3,8-12H2,(H,17,19). The summed E-state index contributed by atoms with van der Waals surface area (Å²) in [5, 5.41) is 2.92. The molecule has 0 aromatic heterocycles. The van der Waals surface area contributed by atoms with Gasteiger partial charge in [0.25, 0.3) is 0 Å². The minimum atomic E-state index is -0.224. The van der Waals surface area contributed by atoms with E-state index in [4.69, 9.17) is 0 Å². The van der Waals surface area contributed by atoms with Crippen molar-refractivity contribution >= 4 is 5.91 Å². The van der Waals surface area contributed by atoms with Crippen LogP contribution in [0.25, 0.3) is 0 Å². The van der Waals surface area contributed by atoms with Crippen LogP contribution in [0.5, 0.6) is 0 Å². The number of carbonyl (C=O) groups is 1. The van der Waals surface area contributed by atoms with Gasteiger partial charge in [-0.3, -0.25) is 9.69 Å². The molecule has 0 bridgehead atoms. The second-order valence-electron chi connectivity index (χ2n) is 5.06. The van der Waals surface area contributed by atoms with Crippen molar-refractivity contribution < 1.29 is 9.18 Å². The number of amides is 1. The topological polar surface area (TPSA) is 32.3 Å². The molecule has 1 aromatic rings. The summed E-state index contributed by atoms with van der Waals surface area (Å²) in [6, 6.07) is 6.41. The summed E-state index contributed by atoms with van der Waals surface area (Å²) < 4.78 is 12.7. The molecule has 1 saturated heterocycles. The van der Waals surface area contributed by atoms with E-state index >= 15 is 0 Å². The monoisotopic (exact) mass is 264 g/mol. The molecule has 1 amide bonds. The van der Waals surface area contributed by atoms with Crippen LogP contribution in [0, 0.1) is 5.82 Å². The third-order valence-electron chi connectivity index (χ3n) is 3.46. The van der Waals surface area contributed by atoms with E-state index < -0.39 is 0 Å². The number of hydrogen-bond donors (Lipinski definition) is 1. The zero-order valence-electron chi connectivity index (χ0n) is 11.2. The Hall–Kier alpha value is -1.42. The molecule has 1 aromatic carbocycles. The number of benzene rings is 1. The molecule has 104 valence electrons. The van der Waals surface area contributed by atoms with Gasteiger partial charge < -0.3 is 5.32 Å². The van der Waals surface area contributed by atoms with Crippen molar-refractivity contribution in [1.29, 1.82) is 0 Å². The van der Waals surface area contributed by atoms with Gasteiger partial charge in [-0.2, -0.15) is 0 Å². The van der Waals surface area contributed by atoms with Crippen molar-refractivity contribution in [2.45, 2.75) is 25.7 Å². The summed E-state index contributed by atoms with van der Waals surface area (Å²) in [6.45, 7) is 3.18. The van der Waals surface area contributed by atoms with Crippen LogP contribution in [0.1, 0.15) is 24.8 Å². The van der Waals surface area contributed by atoms with Crippen molar-refractivity contribution in [3.05, 3.63) is 35.6 Å². The fourth-order valence-corrected chi connectivity index (χ4v) is 2.37. The van der Waals surface area contributed by atoms with E-state index in [9.17, 15) is 9.18 Å². The van der Waals surface area contributed by atoms with Crippen LogP contribution < -0.4 is 5.32 Å². The normalized spacial score (nSPS) is 16.3. The van der Waals surface area contributed by atoms with Gasteiger partial charge in [-0.05, 0) is 50.0 Å². The van der Waals surface area contributed by atoms with E-state index in [0.29, 0.717) is 13.1 Å². The first-order valence-corrected chi connectivity index (χ1v) is 6.97. The Bertz CT molecular complexity index is 399. The van der Waals surface area contributed by atoms with Crippen LogP contribution >= 0.6 is 0 Å². The van der Waals surface area contributed by atoms with Crippen LogP contribution in [0.2, 0.25) is 0 Å². The number of carbonyl (C=O) groups excluding carboxylic acids is 1. The summed E-state index contributed by atoms with van der Waals surface area (Å²) in [6.07, 6.45) is 4.42. The van der Waals surface area contributed by atoms with Gasteiger partial charge in [0.15, 0.2) is 0 Å². The van der Waals surface area contributed by atoms with E-state index in [-0.39, 0.29) is 11.7 Å². The predicted octanol–water partition coefficient (Wildman–Crippen LogP) is 1.97. The van der Waals surface area contributed by atoms with Gasteiger partial charge in [0.05, 0.1) is 6.54 Å². The number of nitrogens with one attached hydrogen (secondary N) is 1. The molecule has 0 atom stereocenters. The molecule has 1 fully saturated rings. The first-order valence-electron chi connectivity index (χ1n) is 6.97. The average molecular weight is 264 g/mol. The van der Waals surface area contributed by atoms with E-state index in [1.807, 2.05) is 0 Å². The van der Waals surface area contributed by atoms with Gasteiger partial charge in [0.2, 0.25) is 5.91 Å². The molecule has 1 aliphatic heterocycles. The average Bonchev–Trinajstić information content (AvgIpc) is 2.42. The Labute approximate surface area is 113 Å². The fraction of sp³-hybridized carbons (Fsp3) is 0.533. The zero-order chi connectivity index (χ0) is 13.5. The van der Waals surface area contributed by atoms with Crippen molar-refractivity contribution in [1.82, 2.24) is 10.2 Å². The van der Waals surface area contributed by atoms with Gasteiger partial charge in [-0.15, -0.1) is 0 Å². The zero-order valence-corrected chi connectivity index (χ0v) is 11.2. The maximum Gasteiger partial charge on any atom is 0.234 e. The number of piperidine rings is 1. The number of rotatable bonds is 5. The molecule has 1 aliphatic rings. The lowest BCUT2D eigenvalue weighted by Gasteiger charge is -2.25. The Morgan fingerprint density at radius 1 is 1.16 bits per heavy atom. The molecule has 3 nitrogen and oxygen atoms in total. The minimum absolute atomic E-state index is 0.0870. The lowest BCUT2D eigenvalue weighted by Crippen LogP contribution is -2.40. The molecule has 0 unspecified atom stereocenters. The number of likely N-dealkylation sites (tertiary alicyclic amines) is 1. The molecule has 0 aliphatic carbocycles. The summed E-state index contributed by atoms with van der Waals surface area (Å²) >= 11 is 0. The van der Waals surface area contributed by atoms with Crippen molar-refractivity contribution in [2.75, 3.05) is 26.2 Å². The Kier molecular flexibility index (Phi) is 5.33. The van der Waals surface area contributed by atoms with E-state index in [2.05, 4.69) is 10.2 Å².